The molecule has 48 heavy (non-hydrogen) atoms. The zero-order valence-electron chi connectivity index (χ0n) is 27.4. The lowest BCUT2D eigenvalue weighted by atomic mass is 9.80. The molecule has 0 amide bonds. The van der Waals surface area contributed by atoms with Crippen molar-refractivity contribution in [3.63, 3.8) is 0 Å². The molecular weight excluding hydrogens is 616 g/mol. The van der Waals surface area contributed by atoms with Gasteiger partial charge in [-0.3, -0.25) is 14.4 Å². The van der Waals surface area contributed by atoms with Crippen molar-refractivity contribution in [2.24, 2.45) is 0 Å². The Hall–Kier alpha value is -4.09. The van der Waals surface area contributed by atoms with Crippen molar-refractivity contribution in [1.82, 2.24) is 0 Å². The Kier molecular flexibility index (Phi) is 10.6. The molecule has 0 bridgehead atoms. The second kappa shape index (κ2) is 15.0. The standard InChI is InChI=1S/C38H42O10/c1-24(39)44-33-31(48-37-35(45-25(2)40)34-30(47-36(33)37)20-19-29(46-34)23-32(41)42-3)21-22-43-38(26-13-7-4-8-14-26,27-15-9-5-10-16-27)28-17-11-6-12-18-28/h4-18,29-31,33-37H,19-23H2,1-3H3/t29-,30+,31-,33+,34+,35+,36+,37+/m1/s1. The molecule has 0 aliphatic carbocycles. The van der Waals surface area contributed by atoms with Crippen LogP contribution in [-0.4, -0.2) is 80.5 Å². The number of carbonyl (C=O) groups is 3. The topological polar surface area (TPSA) is 116 Å². The summed E-state index contributed by atoms with van der Waals surface area (Å²) in [5, 5.41) is 0. The Labute approximate surface area is 280 Å². The first kappa shape index (κ1) is 33.8. The maximum atomic E-state index is 12.4. The highest BCUT2D eigenvalue weighted by Crippen LogP contribution is 2.44. The van der Waals surface area contributed by atoms with E-state index in [1.807, 2.05) is 54.6 Å². The highest BCUT2D eigenvalue weighted by Gasteiger charge is 2.60. The fraction of sp³-hybridized carbons (Fsp3) is 0.447. The van der Waals surface area contributed by atoms with Crippen molar-refractivity contribution < 1.29 is 47.5 Å². The van der Waals surface area contributed by atoms with Gasteiger partial charge in [0.05, 0.1) is 32.3 Å². The van der Waals surface area contributed by atoms with Gasteiger partial charge in [0.1, 0.15) is 30.0 Å². The maximum absolute atomic E-state index is 12.4. The lowest BCUT2D eigenvalue weighted by Crippen LogP contribution is -2.62. The number of benzene rings is 3. The van der Waals surface area contributed by atoms with Gasteiger partial charge in [0, 0.05) is 20.3 Å². The minimum Gasteiger partial charge on any atom is -0.469 e. The Bertz CT molecular complexity index is 1430. The average Bonchev–Trinajstić information content (AvgIpc) is 3.43. The van der Waals surface area contributed by atoms with Gasteiger partial charge in [-0.25, -0.2) is 0 Å². The molecule has 6 rings (SSSR count). The summed E-state index contributed by atoms with van der Waals surface area (Å²) in [4.78, 5) is 36.8. The maximum Gasteiger partial charge on any atom is 0.308 e. The predicted molar refractivity (Wildman–Crippen MR) is 173 cm³/mol. The molecule has 0 unspecified atom stereocenters. The Morgan fingerprint density at radius 1 is 0.688 bits per heavy atom. The zero-order valence-corrected chi connectivity index (χ0v) is 27.4. The lowest BCUT2D eigenvalue weighted by molar-refractivity contribution is -0.265. The fourth-order valence-corrected chi connectivity index (χ4v) is 7.30. The molecule has 3 aromatic carbocycles. The minimum atomic E-state index is -0.944. The average molecular weight is 659 g/mol. The molecule has 3 aliphatic rings. The van der Waals surface area contributed by atoms with Crippen LogP contribution in [0.25, 0.3) is 0 Å². The van der Waals surface area contributed by atoms with Crippen molar-refractivity contribution in [1.29, 1.82) is 0 Å². The van der Waals surface area contributed by atoms with Crippen LogP contribution in [0.1, 0.15) is 56.2 Å². The van der Waals surface area contributed by atoms with Crippen LogP contribution in [0.5, 0.6) is 0 Å². The molecule has 0 aromatic heterocycles. The largest absolute Gasteiger partial charge is 0.469 e. The quantitative estimate of drug-likeness (QED) is 0.160. The van der Waals surface area contributed by atoms with Crippen LogP contribution < -0.4 is 0 Å². The minimum absolute atomic E-state index is 0.0729. The first-order valence-electron chi connectivity index (χ1n) is 16.5. The molecule has 0 N–H and O–H groups in total. The van der Waals surface area contributed by atoms with Crippen LogP contribution in [-0.2, 0) is 53.1 Å². The molecule has 0 radical (unpaired) electrons. The SMILES string of the molecule is COC(=O)C[C@H]1CC[C@@H]2O[C@@H]3[C@@H](O[C@H](CCOC(c4ccccc4)(c4ccccc4)c4ccccc4)[C@@H]3OC(C)=O)[C@@H](OC(C)=O)[C@H]2O1. The summed E-state index contributed by atoms with van der Waals surface area (Å²) in [5.41, 5.74) is 1.93. The Morgan fingerprint density at radius 2 is 1.21 bits per heavy atom. The van der Waals surface area contributed by atoms with Crippen LogP contribution in [0.15, 0.2) is 91.0 Å². The number of ether oxygens (including phenoxy) is 7. The molecule has 10 heteroatoms. The molecule has 3 saturated heterocycles. The van der Waals surface area contributed by atoms with Crippen molar-refractivity contribution in [3.8, 4) is 0 Å². The van der Waals surface area contributed by atoms with E-state index in [0.717, 1.165) is 16.7 Å². The fourth-order valence-electron chi connectivity index (χ4n) is 7.30. The molecule has 0 saturated carbocycles. The second-order valence-electron chi connectivity index (χ2n) is 12.4. The van der Waals surface area contributed by atoms with Gasteiger partial charge < -0.3 is 33.2 Å². The number of hydrogen-bond acceptors (Lipinski definition) is 10. The summed E-state index contributed by atoms with van der Waals surface area (Å²) in [7, 11) is 1.33. The third-order valence-electron chi connectivity index (χ3n) is 9.30. The van der Waals surface area contributed by atoms with Crippen molar-refractivity contribution in [2.75, 3.05) is 13.7 Å². The van der Waals surface area contributed by atoms with Crippen LogP contribution in [0.2, 0.25) is 0 Å². The van der Waals surface area contributed by atoms with Crippen molar-refractivity contribution in [2.45, 2.75) is 94.0 Å². The predicted octanol–water partition coefficient (Wildman–Crippen LogP) is 4.89. The third kappa shape index (κ3) is 7.03. The van der Waals surface area contributed by atoms with E-state index >= 15 is 0 Å². The van der Waals surface area contributed by atoms with Gasteiger partial charge in [-0.1, -0.05) is 91.0 Å². The third-order valence-corrected chi connectivity index (χ3v) is 9.30. The van der Waals surface area contributed by atoms with E-state index in [4.69, 9.17) is 33.2 Å². The number of fused-ring (bicyclic) bond motifs is 2. The highest BCUT2D eigenvalue weighted by molar-refractivity contribution is 5.69. The molecule has 3 heterocycles. The molecule has 0 spiro atoms. The summed E-state index contributed by atoms with van der Waals surface area (Å²) in [5.74, 6) is -1.37. The molecule has 10 nitrogen and oxygen atoms in total. The highest BCUT2D eigenvalue weighted by atomic mass is 16.7. The summed E-state index contributed by atoms with van der Waals surface area (Å²) in [6.45, 7) is 2.90. The van der Waals surface area contributed by atoms with Gasteiger partial charge in [-0.15, -0.1) is 0 Å². The smallest absolute Gasteiger partial charge is 0.308 e. The first-order valence-corrected chi connectivity index (χ1v) is 16.5. The monoisotopic (exact) mass is 658 g/mol. The van der Waals surface area contributed by atoms with Gasteiger partial charge >= 0.3 is 17.9 Å². The summed E-state index contributed by atoms with van der Waals surface area (Å²) in [6.07, 6.45) is -3.75. The van der Waals surface area contributed by atoms with E-state index in [2.05, 4.69) is 36.4 Å². The summed E-state index contributed by atoms with van der Waals surface area (Å²) in [6, 6.07) is 30.2. The van der Waals surface area contributed by atoms with E-state index in [-0.39, 0.29) is 19.0 Å². The van der Waals surface area contributed by atoms with E-state index in [9.17, 15) is 14.4 Å². The van der Waals surface area contributed by atoms with Crippen LogP contribution >= 0.6 is 0 Å². The number of rotatable bonds is 11. The van der Waals surface area contributed by atoms with Gasteiger partial charge in [-0.2, -0.15) is 0 Å². The van der Waals surface area contributed by atoms with E-state index in [1.165, 1.54) is 21.0 Å². The number of methoxy groups -OCH3 is 1. The molecular formula is C38H42O10. The lowest BCUT2D eigenvalue weighted by Gasteiger charge is -2.47. The van der Waals surface area contributed by atoms with E-state index in [0.29, 0.717) is 19.3 Å². The van der Waals surface area contributed by atoms with Crippen LogP contribution in [0, 0.1) is 0 Å². The van der Waals surface area contributed by atoms with Gasteiger partial charge in [0.15, 0.2) is 12.2 Å². The Morgan fingerprint density at radius 3 is 1.73 bits per heavy atom. The van der Waals surface area contributed by atoms with E-state index in [1.54, 1.807) is 0 Å². The molecule has 254 valence electrons. The normalized spacial score (nSPS) is 28.1. The summed E-state index contributed by atoms with van der Waals surface area (Å²) < 4.78 is 42.9. The second-order valence-corrected chi connectivity index (χ2v) is 12.4. The first-order chi connectivity index (χ1) is 23.3. The van der Waals surface area contributed by atoms with Gasteiger partial charge in [0.2, 0.25) is 0 Å². The summed E-state index contributed by atoms with van der Waals surface area (Å²) >= 11 is 0. The Balaban J connectivity index is 1.28. The number of hydrogen-bond donors (Lipinski definition) is 0. The van der Waals surface area contributed by atoms with Gasteiger partial charge in [-0.05, 0) is 29.5 Å². The molecule has 3 fully saturated rings. The van der Waals surface area contributed by atoms with Gasteiger partial charge in [0.25, 0.3) is 0 Å². The van der Waals surface area contributed by atoms with Crippen molar-refractivity contribution in [3.05, 3.63) is 108 Å². The number of esters is 3. The van der Waals surface area contributed by atoms with E-state index < -0.39 is 66.4 Å². The molecule has 3 aromatic rings. The van der Waals surface area contributed by atoms with Crippen molar-refractivity contribution >= 4 is 17.9 Å². The van der Waals surface area contributed by atoms with Crippen LogP contribution in [0.4, 0.5) is 0 Å². The zero-order chi connectivity index (χ0) is 33.7. The molecule has 8 atom stereocenters. The number of carbonyl (C=O) groups excluding carboxylic acids is 3. The van der Waals surface area contributed by atoms with Crippen LogP contribution in [0.3, 0.4) is 0 Å². The molecule has 3 aliphatic heterocycles.